The second-order valence-electron chi connectivity index (χ2n) is 4.79. The summed E-state index contributed by atoms with van der Waals surface area (Å²) in [4.78, 5) is 22.5. The predicted octanol–water partition coefficient (Wildman–Crippen LogP) is 1.62. The number of nitrogens with zero attached hydrogens (tertiary/aromatic N) is 3. The van der Waals surface area contributed by atoms with Crippen molar-refractivity contribution in [2.75, 3.05) is 27.3 Å². The van der Waals surface area contributed by atoms with Gasteiger partial charge in [0.2, 0.25) is 5.75 Å². The zero-order valence-electron chi connectivity index (χ0n) is 11.9. The van der Waals surface area contributed by atoms with Gasteiger partial charge in [-0.25, -0.2) is 4.98 Å². The Hall–Kier alpha value is -2.63. The molecule has 0 aliphatic carbocycles. The second kappa shape index (κ2) is 5.40. The van der Waals surface area contributed by atoms with Crippen LogP contribution in [0.15, 0.2) is 30.3 Å². The molecule has 0 unspecified atom stereocenters. The van der Waals surface area contributed by atoms with Gasteiger partial charge in [0.1, 0.15) is 13.2 Å². The summed E-state index contributed by atoms with van der Waals surface area (Å²) in [5.41, 5.74) is 1.05. The van der Waals surface area contributed by atoms with Crippen molar-refractivity contribution < 1.29 is 14.3 Å². The third-order valence-corrected chi connectivity index (χ3v) is 3.04. The topological polar surface area (TPSA) is 64.6 Å². The maximum atomic E-state index is 12.3. The van der Waals surface area contributed by atoms with E-state index in [2.05, 4.69) is 9.97 Å². The van der Waals surface area contributed by atoms with E-state index < -0.39 is 0 Å². The van der Waals surface area contributed by atoms with Gasteiger partial charge in [-0.3, -0.25) is 4.79 Å². The SMILES string of the molecule is CN(C)C(=O)c1nc(-c2ccccc2)nc2c1OCCO2. The third kappa shape index (κ3) is 2.52. The lowest BCUT2D eigenvalue weighted by Crippen LogP contribution is -2.26. The number of fused-ring (bicyclic) bond motifs is 1. The fourth-order valence-corrected chi connectivity index (χ4v) is 2.01. The summed E-state index contributed by atoms with van der Waals surface area (Å²) >= 11 is 0. The zero-order chi connectivity index (χ0) is 14.8. The Morgan fingerprint density at radius 1 is 1.10 bits per heavy atom. The number of hydrogen-bond acceptors (Lipinski definition) is 5. The predicted molar refractivity (Wildman–Crippen MR) is 76.5 cm³/mol. The highest BCUT2D eigenvalue weighted by Crippen LogP contribution is 2.33. The van der Waals surface area contributed by atoms with Crippen LogP contribution in [0.2, 0.25) is 0 Å². The molecule has 1 aliphatic heterocycles. The highest BCUT2D eigenvalue weighted by molar-refractivity contribution is 5.95. The Balaban J connectivity index is 2.16. The molecule has 6 heteroatoms. The molecular weight excluding hydrogens is 270 g/mol. The number of rotatable bonds is 2. The molecule has 0 radical (unpaired) electrons. The molecule has 1 aliphatic rings. The molecule has 0 saturated heterocycles. The highest BCUT2D eigenvalue weighted by atomic mass is 16.6. The number of carbonyl (C=O) groups is 1. The zero-order valence-corrected chi connectivity index (χ0v) is 11.9. The molecule has 0 fully saturated rings. The van der Waals surface area contributed by atoms with Gasteiger partial charge in [0, 0.05) is 19.7 Å². The molecule has 6 nitrogen and oxygen atoms in total. The monoisotopic (exact) mass is 285 g/mol. The molecule has 0 saturated carbocycles. The van der Waals surface area contributed by atoms with Crippen molar-refractivity contribution in [3.63, 3.8) is 0 Å². The fraction of sp³-hybridized carbons (Fsp3) is 0.267. The molecule has 1 aromatic heterocycles. The molecule has 2 aromatic rings. The second-order valence-corrected chi connectivity index (χ2v) is 4.79. The minimum atomic E-state index is -0.240. The van der Waals surface area contributed by atoms with Gasteiger partial charge in [-0.05, 0) is 0 Å². The molecule has 2 heterocycles. The standard InChI is InChI=1S/C15H15N3O3/c1-18(2)15(19)11-12-14(21-9-8-20-12)17-13(16-11)10-6-4-3-5-7-10/h3-7H,8-9H2,1-2H3. The van der Waals surface area contributed by atoms with Crippen molar-refractivity contribution in [2.45, 2.75) is 0 Å². The van der Waals surface area contributed by atoms with Crippen LogP contribution in [0, 0.1) is 0 Å². The van der Waals surface area contributed by atoms with Crippen molar-refractivity contribution in [1.29, 1.82) is 0 Å². The number of hydrogen-bond donors (Lipinski definition) is 0. The van der Waals surface area contributed by atoms with Crippen LogP contribution in [0.25, 0.3) is 11.4 Å². The lowest BCUT2D eigenvalue weighted by molar-refractivity contribution is 0.0808. The van der Waals surface area contributed by atoms with E-state index in [1.165, 1.54) is 4.90 Å². The van der Waals surface area contributed by atoms with Gasteiger partial charge in [0.05, 0.1) is 0 Å². The molecule has 0 N–H and O–H groups in total. The number of benzene rings is 1. The Morgan fingerprint density at radius 2 is 1.81 bits per heavy atom. The maximum Gasteiger partial charge on any atom is 0.276 e. The lowest BCUT2D eigenvalue weighted by Gasteiger charge is -2.21. The maximum absolute atomic E-state index is 12.3. The minimum Gasteiger partial charge on any atom is -0.483 e. The molecule has 0 spiro atoms. The fourth-order valence-electron chi connectivity index (χ4n) is 2.01. The largest absolute Gasteiger partial charge is 0.483 e. The van der Waals surface area contributed by atoms with Gasteiger partial charge in [-0.15, -0.1) is 0 Å². The van der Waals surface area contributed by atoms with Crippen LogP contribution in [-0.2, 0) is 0 Å². The molecule has 3 rings (SSSR count). The van der Waals surface area contributed by atoms with Gasteiger partial charge in [-0.2, -0.15) is 4.98 Å². The van der Waals surface area contributed by atoms with Crippen LogP contribution in [-0.4, -0.2) is 48.1 Å². The Bertz CT molecular complexity index is 671. The van der Waals surface area contributed by atoms with Crippen LogP contribution < -0.4 is 9.47 Å². The van der Waals surface area contributed by atoms with E-state index in [1.807, 2.05) is 30.3 Å². The van der Waals surface area contributed by atoms with Gasteiger partial charge in [0.15, 0.2) is 11.5 Å². The van der Waals surface area contributed by atoms with Crippen molar-refractivity contribution >= 4 is 5.91 Å². The van der Waals surface area contributed by atoms with E-state index in [1.54, 1.807) is 14.1 Å². The van der Waals surface area contributed by atoms with Crippen molar-refractivity contribution in [2.24, 2.45) is 0 Å². The summed E-state index contributed by atoms with van der Waals surface area (Å²) < 4.78 is 11.0. The van der Waals surface area contributed by atoms with Crippen LogP contribution in [0.4, 0.5) is 0 Å². The van der Waals surface area contributed by atoms with Gasteiger partial charge in [0.25, 0.3) is 11.8 Å². The first-order valence-electron chi connectivity index (χ1n) is 6.61. The molecule has 1 aromatic carbocycles. The summed E-state index contributed by atoms with van der Waals surface area (Å²) in [6, 6.07) is 9.46. The summed E-state index contributed by atoms with van der Waals surface area (Å²) in [6.07, 6.45) is 0. The number of amides is 1. The van der Waals surface area contributed by atoms with E-state index in [9.17, 15) is 4.79 Å². The molecule has 0 atom stereocenters. The van der Waals surface area contributed by atoms with E-state index in [4.69, 9.17) is 9.47 Å². The summed E-state index contributed by atoms with van der Waals surface area (Å²) in [7, 11) is 3.34. The van der Waals surface area contributed by atoms with Crippen molar-refractivity contribution in [1.82, 2.24) is 14.9 Å². The van der Waals surface area contributed by atoms with Gasteiger partial charge >= 0.3 is 0 Å². The molecule has 0 bridgehead atoms. The number of aromatic nitrogens is 2. The molecular formula is C15H15N3O3. The first-order valence-corrected chi connectivity index (χ1v) is 6.61. The highest BCUT2D eigenvalue weighted by Gasteiger charge is 2.26. The van der Waals surface area contributed by atoms with Crippen molar-refractivity contribution in [3.05, 3.63) is 36.0 Å². The van der Waals surface area contributed by atoms with Crippen LogP contribution in [0.1, 0.15) is 10.5 Å². The first-order chi connectivity index (χ1) is 10.2. The van der Waals surface area contributed by atoms with Crippen molar-refractivity contribution in [3.8, 4) is 23.0 Å². The summed E-state index contributed by atoms with van der Waals surface area (Å²) in [5.74, 6) is 0.848. The summed E-state index contributed by atoms with van der Waals surface area (Å²) in [6.45, 7) is 0.794. The molecule has 108 valence electrons. The van der Waals surface area contributed by atoms with E-state index in [0.29, 0.717) is 30.7 Å². The Morgan fingerprint density at radius 3 is 2.52 bits per heavy atom. The number of carbonyl (C=O) groups excluding carboxylic acids is 1. The smallest absolute Gasteiger partial charge is 0.276 e. The Kier molecular flexibility index (Phi) is 3.43. The minimum absolute atomic E-state index is 0.226. The lowest BCUT2D eigenvalue weighted by atomic mass is 10.2. The molecule has 1 amide bonds. The van der Waals surface area contributed by atoms with Crippen LogP contribution in [0.5, 0.6) is 11.6 Å². The quantitative estimate of drug-likeness (QED) is 0.839. The first kappa shape index (κ1) is 13.4. The van der Waals surface area contributed by atoms with Crippen LogP contribution >= 0.6 is 0 Å². The summed E-state index contributed by atoms with van der Waals surface area (Å²) in [5, 5.41) is 0. The van der Waals surface area contributed by atoms with Crippen LogP contribution in [0.3, 0.4) is 0 Å². The van der Waals surface area contributed by atoms with E-state index in [0.717, 1.165) is 5.56 Å². The normalized spacial score (nSPS) is 12.9. The molecule has 21 heavy (non-hydrogen) atoms. The average Bonchev–Trinajstić information content (AvgIpc) is 2.54. The van der Waals surface area contributed by atoms with Gasteiger partial charge in [-0.1, -0.05) is 30.3 Å². The van der Waals surface area contributed by atoms with E-state index >= 15 is 0 Å². The third-order valence-electron chi connectivity index (χ3n) is 3.04. The number of ether oxygens (including phenoxy) is 2. The van der Waals surface area contributed by atoms with Gasteiger partial charge < -0.3 is 14.4 Å². The average molecular weight is 285 g/mol. The van der Waals surface area contributed by atoms with E-state index in [-0.39, 0.29) is 11.6 Å². The Labute approximate surface area is 122 Å².